The maximum absolute atomic E-state index is 12.4. The van der Waals surface area contributed by atoms with E-state index in [1.807, 2.05) is 46.6 Å². The molecular weight excluding hydrogens is 382 g/mol. The van der Waals surface area contributed by atoms with Gasteiger partial charge in [-0.3, -0.25) is 9.48 Å². The summed E-state index contributed by atoms with van der Waals surface area (Å²) in [6, 6.07) is 12.2. The molecule has 0 radical (unpaired) electrons. The molecule has 3 aromatic rings. The van der Waals surface area contributed by atoms with Crippen molar-refractivity contribution in [1.29, 1.82) is 0 Å². The van der Waals surface area contributed by atoms with Gasteiger partial charge in [-0.25, -0.2) is 4.98 Å². The molecule has 2 N–H and O–H groups in total. The highest BCUT2D eigenvalue weighted by Crippen LogP contribution is 2.23. The van der Waals surface area contributed by atoms with Gasteiger partial charge in [0.15, 0.2) is 0 Å². The molecule has 142 valence electrons. The van der Waals surface area contributed by atoms with Gasteiger partial charge in [-0.2, -0.15) is 5.10 Å². The van der Waals surface area contributed by atoms with Gasteiger partial charge in [-0.1, -0.05) is 30.3 Å². The number of piperidine rings is 1. The van der Waals surface area contributed by atoms with Crippen molar-refractivity contribution in [3.8, 4) is 10.6 Å². The number of nitrogens with one attached hydrogen (secondary N) is 2. The van der Waals surface area contributed by atoms with Gasteiger partial charge in [0.2, 0.25) is 0 Å². The van der Waals surface area contributed by atoms with Crippen LogP contribution in [0.5, 0.6) is 0 Å². The van der Waals surface area contributed by atoms with Gasteiger partial charge in [-0.05, 0) is 25.5 Å². The Morgan fingerprint density at radius 3 is 2.93 bits per heavy atom. The molecular formula is C19H22ClN5OS. The summed E-state index contributed by atoms with van der Waals surface area (Å²) in [7, 11) is 0. The van der Waals surface area contributed by atoms with E-state index >= 15 is 0 Å². The Labute approximate surface area is 168 Å². The molecule has 1 fully saturated rings. The molecule has 1 aromatic carbocycles. The summed E-state index contributed by atoms with van der Waals surface area (Å²) in [6.45, 7) is 2.37. The van der Waals surface area contributed by atoms with Crippen LogP contribution in [0.1, 0.15) is 35.1 Å². The minimum Gasteiger partial charge on any atom is -0.345 e. The first-order valence-corrected chi connectivity index (χ1v) is 9.71. The Hall–Kier alpha value is -2.22. The number of carbonyl (C=O) groups excluding carboxylic acids is 1. The fourth-order valence-corrected chi connectivity index (χ4v) is 3.91. The lowest BCUT2D eigenvalue weighted by Crippen LogP contribution is -2.32. The van der Waals surface area contributed by atoms with Gasteiger partial charge in [0.25, 0.3) is 5.91 Å². The number of amides is 1. The van der Waals surface area contributed by atoms with Gasteiger partial charge < -0.3 is 10.6 Å². The standard InChI is InChI=1S/C19H21N5OS.ClH/c25-18(17-8-10-24(23-17)16-7-4-9-20-12-16)21-11-15-13-26-19(22-15)14-5-2-1-3-6-14;/h1-3,5-6,8,10,13,16,20H,4,7,9,11-12H2,(H,21,25);1H. The predicted octanol–water partition coefficient (Wildman–Crippen LogP) is 3.28. The van der Waals surface area contributed by atoms with Crippen LogP contribution < -0.4 is 10.6 Å². The van der Waals surface area contributed by atoms with Crippen molar-refractivity contribution in [1.82, 2.24) is 25.4 Å². The van der Waals surface area contributed by atoms with Crippen LogP contribution in [0.4, 0.5) is 0 Å². The molecule has 1 unspecified atom stereocenters. The van der Waals surface area contributed by atoms with Crippen LogP contribution in [0.15, 0.2) is 48.0 Å². The number of halogens is 1. The Morgan fingerprint density at radius 2 is 2.15 bits per heavy atom. The van der Waals surface area contributed by atoms with E-state index in [4.69, 9.17) is 0 Å². The first-order chi connectivity index (χ1) is 12.8. The van der Waals surface area contributed by atoms with E-state index in [9.17, 15) is 4.79 Å². The van der Waals surface area contributed by atoms with Gasteiger partial charge in [-0.15, -0.1) is 23.7 Å². The van der Waals surface area contributed by atoms with Gasteiger partial charge in [0, 0.05) is 23.7 Å². The second-order valence-electron chi connectivity index (χ2n) is 6.37. The Morgan fingerprint density at radius 1 is 1.30 bits per heavy atom. The third-order valence-electron chi connectivity index (χ3n) is 4.49. The topological polar surface area (TPSA) is 71.8 Å². The highest BCUT2D eigenvalue weighted by Gasteiger charge is 2.17. The van der Waals surface area contributed by atoms with Crippen molar-refractivity contribution in [3.63, 3.8) is 0 Å². The van der Waals surface area contributed by atoms with Crippen molar-refractivity contribution in [2.75, 3.05) is 13.1 Å². The van der Waals surface area contributed by atoms with Crippen molar-refractivity contribution < 1.29 is 4.79 Å². The maximum atomic E-state index is 12.4. The van der Waals surface area contributed by atoms with E-state index in [1.54, 1.807) is 17.4 Å². The average molecular weight is 404 g/mol. The molecule has 0 spiro atoms. The number of rotatable bonds is 5. The van der Waals surface area contributed by atoms with Crippen LogP contribution in [0.3, 0.4) is 0 Å². The molecule has 8 heteroatoms. The molecule has 0 saturated carbocycles. The molecule has 1 amide bonds. The second-order valence-corrected chi connectivity index (χ2v) is 7.23. The second kappa shape index (κ2) is 9.12. The van der Waals surface area contributed by atoms with Crippen LogP contribution in [0, 0.1) is 0 Å². The quantitative estimate of drug-likeness (QED) is 0.685. The van der Waals surface area contributed by atoms with Crippen molar-refractivity contribution >= 4 is 29.7 Å². The third kappa shape index (κ3) is 4.74. The van der Waals surface area contributed by atoms with E-state index in [0.29, 0.717) is 18.3 Å². The monoisotopic (exact) mass is 403 g/mol. The fraction of sp³-hybridized carbons (Fsp3) is 0.316. The minimum absolute atomic E-state index is 0. The maximum Gasteiger partial charge on any atom is 0.272 e. The largest absolute Gasteiger partial charge is 0.345 e. The summed E-state index contributed by atoms with van der Waals surface area (Å²) < 4.78 is 1.90. The minimum atomic E-state index is -0.165. The molecule has 1 atom stereocenters. The lowest BCUT2D eigenvalue weighted by molar-refractivity contribution is 0.0944. The van der Waals surface area contributed by atoms with E-state index in [-0.39, 0.29) is 18.3 Å². The van der Waals surface area contributed by atoms with Crippen molar-refractivity contribution in [3.05, 3.63) is 59.4 Å². The zero-order valence-corrected chi connectivity index (χ0v) is 16.4. The molecule has 1 saturated heterocycles. The molecule has 6 nitrogen and oxygen atoms in total. The molecule has 2 aromatic heterocycles. The first-order valence-electron chi connectivity index (χ1n) is 8.83. The SMILES string of the molecule is Cl.O=C(NCc1csc(-c2ccccc2)n1)c1ccn(C2CCCNC2)n1. The summed E-state index contributed by atoms with van der Waals surface area (Å²) in [6.07, 6.45) is 4.12. The Bertz CT molecular complexity index is 873. The average Bonchev–Trinajstić information content (AvgIpc) is 3.37. The lowest BCUT2D eigenvalue weighted by Gasteiger charge is -2.22. The van der Waals surface area contributed by atoms with E-state index in [1.165, 1.54) is 0 Å². The van der Waals surface area contributed by atoms with Crippen molar-refractivity contribution in [2.45, 2.75) is 25.4 Å². The molecule has 4 rings (SSSR count). The Kier molecular flexibility index (Phi) is 6.60. The van der Waals surface area contributed by atoms with Gasteiger partial charge in [0.1, 0.15) is 10.7 Å². The van der Waals surface area contributed by atoms with Gasteiger partial charge >= 0.3 is 0 Å². The lowest BCUT2D eigenvalue weighted by atomic mass is 10.1. The molecule has 27 heavy (non-hydrogen) atoms. The number of thiazole rings is 1. The van der Waals surface area contributed by atoms with Crippen LogP contribution in [-0.4, -0.2) is 33.8 Å². The first kappa shape index (κ1) is 19.5. The van der Waals surface area contributed by atoms with Crippen LogP contribution in [0.25, 0.3) is 10.6 Å². The molecule has 3 heterocycles. The Balaban J connectivity index is 0.00000210. The number of carbonyl (C=O) groups is 1. The zero-order valence-electron chi connectivity index (χ0n) is 14.8. The summed E-state index contributed by atoms with van der Waals surface area (Å²) in [5.74, 6) is -0.165. The summed E-state index contributed by atoms with van der Waals surface area (Å²) in [4.78, 5) is 17.0. The van der Waals surface area contributed by atoms with Crippen LogP contribution >= 0.6 is 23.7 Å². The van der Waals surface area contributed by atoms with E-state index < -0.39 is 0 Å². The number of benzene rings is 1. The molecule has 0 aliphatic carbocycles. The zero-order chi connectivity index (χ0) is 17.8. The predicted molar refractivity (Wildman–Crippen MR) is 109 cm³/mol. The van der Waals surface area contributed by atoms with Crippen LogP contribution in [0.2, 0.25) is 0 Å². The smallest absolute Gasteiger partial charge is 0.272 e. The highest BCUT2D eigenvalue weighted by atomic mass is 35.5. The van der Waals surface area contributed by atoms with E-state index in [2.05, 4.69) is 20.7 Å². The highest BCUT2D eigenvalue weighted by molar-refractivity contribution is 7.13. The molecule has 1 aliphatic rings. The number of aromatic nitrogens is 3. The summed E-state index contributed by atoms with van der Waals surface area (Å²) in [5, 5.41) is 13.7. The van der Waals surface area contributed by atoms with Crippen molar-refractivity contribution in [2.24, 2.45) is 0 Å². The summed E-state index contributed by atoms with van der Waals surface area (Å²) in [5.41, 5.74) is 2.40. The normalized spacial score (nSPS) is 16.5. The van der Waals surface area contributed by atoms with E-state index in [0.717, 1.165) is 42.2 Å². The number of hydrogen-bond donors (Lipinski definition) is 2. The third-order valence-corrected chi connectivity index (χ3v) is 5.43. The molecule has 0 bridgehead atoms. The van der Waals surface area contributed by atoms with Gasteiger partial charge in [0.05, 0.1) is 18.3 Å². The number of hydrogen-bond acceptors (Lipinski definition) is 5. The fourth-order valence-electron chi connectivity index (χ4n) is 3.08. The number of nitrogens with zero attached hydrogens (tertiary/aromatic N) is 3. The molecule has 1 aliphatic heterocycles. The van der Waals surface area contributed by atoms with Crippen LogP contribution in [-0.2, 0) is 6.54 Å². The summed E-state index contributed by atoms with van der Waals surface area (Å²) >= 11 is 1.58.